The van der Waals surface area contributed by atoms with Crippen LogP contribution in [0.3, 0.4) is 0 Å². The van der Waals surface area contributed by atoms with Crippen LogP contribution in [0.25, 0.3) is 16.5 Å². The van der Waals surface area contributed by atoms with Crippen molar-refractivity contribution in [3.05, 3.63) is 63.5 Å². The molecule has 5 rings (SSSR count). The van der Waals surface area contributed by atoms with Gasteiger partial charge in [-0.3, -0.25) is 9.78 Å². The van der Waals surface area contributed by atoms with Crippen LogP contribution >= 0.6 is 11.3 Å². The Morgan fingerprint density at radius 2 is 2.04 bits per heavy atom. The van der Waals surface area contributed by atoms with Crippen molar-refractivity contribution in [1.82, 2.24) is 4.98 Å². The molecule has 1 N–H and O–H groups in total. The zero-order chi connectivity index (χ0) is 18.8. The molecular weight excluding hydrogens is 352 g/mol. The monoisotopic (exact) mass is 374 g/mol. The molecule has 0 saturated heterocycles. The Hall–Kier alpha value is -2.46. The van der Waals surface area contributed by atoms with E-state index in [-0.39, 0.29) is 17.2 Å². The van der Waals surface area contributed by atoms with Crippen molar-refractivity contribution in [3.63, 3.8) is 0 Å². The van der Waals surface area contributed by atoms with Crippen molar-refractivity contribution in [2.45, 2.75) is 39.7 Å². The minimum atomic E-state index is -0.0507. The smallest absolute Gasteiger partial charge is 0.162 e. The molecule has 136 valence electrons. The van der Waals surface area contributed by atoms with Gasteiger partial charge in [-0.2, -0.15) is 0 Å². The Kier molecular flexibility index (Phi) is 3.57. The summed E-state index contributed by atoms with van der Waals surface area (Å²) in [5.74, 6) is 0.276. The lowest BCUT2D eigenvalue weighted by atomic mass is 9.68. The van der Waals surface area contributed by atoms with Crippen molar-refractivity contribution < 1.29 is 4.79 Å². The molecule has 3 nitrogen and oxygen atoms in total. The van der Waals surface area contributed by atoms with Crippen LogP contribution in [0, 0.1) is 12.3 Å². The highest BCUT2D eigenvalue weighted by molar-refractivity contribution is 7.10. The second-order valence-electron chi connectivity index (χ2n) is 8.44. The number of anilines is 1. The lowest BCUT2D eigenvalue weighted by molar-refractivity contribution is -0.118. The second kappa shape index (κ2) is 5.77. The molecule has 0 fully saturated rings. The lowest BCUT2D eigenvalue weighted by Crippen LogP contribution is -2.33. The molecule has 27 heavy (non-hydrogen) atoms. The van der Waals surface area contributed by atoms with Crippen molar-refractivity contribution in [2.24, 2.45) is 5.41 Å². The maximum absolute atomic E-state index is 13.3. The van der Waals surface area contributed by atoms with Gasteiger partial charge < -0.3 is 5.32 Å². The number of nitrogens with one attached hydrogen (secondary N) is 1. The Balaban J connectivity index is 1.83. The molecule has 1 aliphatic carbocycles. The first-order valence-electron chi connectivity index (χ1n) is 9.39. The van der Waals surface area contributed by atoms with Crippen LogP contribution in [-0.2, 0) is 4.79 Å². The van der Waals surface area contributed by atoms with Crippen LogP contribution in [-0.4, -0.2) is 10.8 Å². The van der Waals surface area contributed by atoms with Crippen LogP contribution in [0.1, 0.15) is 48.7 Å². The van der Waals surface area contributed by atoms with Crippen molar-refractivity contribution in [3.8, 4) is 0 Å². The molecule has 3 aromatic rings. The summed E-state index contributed by atoms with van der Waals surface area (Å²) in [6.45, 7) is 6.53. The van der Waals surface area contributed by atoms with Gasteiger partial charge in [-0.25, -0.2) is 0 Å². The van der Waals surface area contributed by atoms with E-state index in [2.05, 4.69) is 60.7 Å². The zero-order valence-corrected chi connectivity index (χ0v) is 16.6. The molecule has 3 heterocycles. The first kappa shape index (κ1) is 16.7. The molecule has 1 atom stereocenters. The minimum absolute atomic E-state index is 0.0239. The average molecular weight is 375 g/mol. The van der Waals surface area contributed by atoms with Gasteiger partial charge >= 0.3 is 0 Å². The van der Waals surface area contributed by atoms with Crippen molar-refractivity contribution in [1.29, 1.82) is 0 Å². The molecule has 4 heteroatoms. The quantitative estimate of drug-likeness (QED) is 0.575. The van der Waals surface area contributed by atoms with Gasteiger partial charge in [0.1, 0.15) is 0 Å². The van der Waals surface area contributed by atoms with Gasteiger partial charge in [0.05, 0.1) is 11.6 Å². The number of hydrogen-bond donors (Lipinski definition) is 1. The Morgan fingerprint density at radius 3 is 2.81 bits per heavy atom. The molecule has 1 aromatic carbocycles. The van der Waals surface area contributed by atoms with E-state index in [9.17, 15) is 4.79 Å². The Labute approximate surface area is 163 Å². The maximum atomic E-state index is 13.3. The average Bonchev–Trinajstić information content (AvgIpc) is 3.05. The number of aryl methyl sites for hydroxylation is 1. The van der Waals surface area contributed by atoms with Crippen molar-refractivity contribution >= 4 is 39.3 Å². The normalized spacial score (nSPS) is 21.0. The van der Waals surface area contributed by atoms with Crippen LogP contribution in [0.5, 0.6) is 0 Å². The van der Waals surface area contributed by atoms with Gasteiger partial charge in [-0.1, -0.05) is 19.9 Å². The fourth-order valence-corrected chi connectivity index (χ4v) is 5.58. The number of Topliss-reactive ketones (excluding diaryl/α,β-unsaturated/α-hetero) is 1. The lowest BCUT2D eigenvalue weighted by Gasteiger charge is -2.40. The fraction of sp³-hybridized carbons (Fsp3) is 0.304. The summed E-state index contributed by atoms with van der Waals surface area (Å²) >= 11 is 1.73. The molecule has 0 amide bonds. The van der Waals surface area contributed by atoms with Crippen LogP contribution in [0.2, 0.25) is 0 Å². The molecule has 0 spiro atoms. The number of carbonyl (C=O) groups is 1. The topological polar surface area (TPSA) is 42.0 Å². The van der Waals surface area contributed by atoms with E-state index in [4.69, 9.17) is 0 Å². The third-order valence-electron chi connectivity index (χ3n) is 5.76. The number of rotatable bonds is 1. The Morgan fingerprint density at radius 1 is 1.19 bits per heavy atom. The van der Waals surface area contributed by atoms with E-state index in [0.29, 0.717) is 6.42 Å². The van der Waals surface area contributed by atoms with E-state index in [1.165, 1.54) is 21.6 Å². The highest BCUT2D eigenvalue weighted by Crippen LogP contribution is 2.52. The fourth-order valence-electron chi connectivity index (χ4n) is 4.60. The SMILES string of the molecule is Cc1ccsc1[C@H]1Nc2ccc3ncccc3c2C2=C1C(=O)CC(C)(C)C2. The molecule has 0 radical (unpaired) electrons. The number of aromatic nitrogens is 1. The first-order valence-corrected chi connectivity index (χ1v) is 10.3. The molecule has 0 unspecified atom stereocenters. The van der Waals surface area contributed by atoms with E-state index < -0.39 is 0 Å². The number of allylic oxidation sites excluding steroid dienone is 1. The molecule has 1 aliphatic heterocycles. The third kappa shape index (κ3) is 2.54. The molecular formula is C23H22N2OS. The predicted molar refractivity (Wildman–Crippen MR) is 112 cm³/mol. The number of pyridine rings is 1. The van der Waals surface area contributed by atoms with Crippen LogP contribution < -0.4 is 5.32 Å². The molecule has 0 bridgehead atoms. The third-order valence-corrected chi connectivity index (χ3v) is 6.84. The summed E-state index contributed by atoms with van der Waals surface area (Å²) in [5, 5.41) is 6.93. The summed E-state index contributed by atoms with van der Waals surface area (Å²) in [4.78, 5) is 19.1. The standard InChI is InChI=1S/C23H22N2OS/c1-13-8-10-27-22(13)21-20-15(11-23(2,3)12-18(20)26)19-14-5-4-9-24-16(14)6-7-17(19)25-21/h4-10,21,25H,11-12H2,1-3H3/t21-/m0/s1. The number of fused-ring (bicyclic) bond motifs is 4. The summed E-state index contributed by atoms with van der Waals surface area (Å²) in [5.41, 5.74) is 6.65. The number of thiophene rings is 1. The number of benzene rings is 1. The summed E-state index contributed by atoms with van der Waals surface area (Å²) < 4.78 is 0. The van der Waals surface area contributed by atoms with Gasteiger partial charge in [0.2, 0.25) is 0 Å². The summed E-state index contributed by atoms with van der Waals surface area (Å²) in [6, 6.07) is 10.4. The van der Waals surface area contributed by atoms with Gasteiger partial charge in [0.25, 0.3) is 0 Å². The predicted octanol–water partition coefficient (Wildman–Crippen LogP) is 5.91. The Bertz CT molecular complexity index is 1120. The summed E-state index contributed by atoms with van der Waals surface area (Å²) in [7, 11) is 0. The second-order valence-corrected chi connectivity index (χ2v) is 9.38. The van der Waals surface area contributed by atoms with Gasteiger partial charge in [-0.15, -0.1) is 11.3 Å². The largest absolute Gasteiger partial charge is 0.373 e. The van der Waals surface area contributed by atoms with Gasteiger partial charge in [0, 0.05) is 39.7 Å². The van der Waals surface area contributed by atoms with E-state index in [1.54, 1.807) is 11.3 Å². The molecule has 2 aromatic heterocycles. The number of carbonyl (C=O) groups excluding carboxylic acids is 1. The highest BCUT2D eigenvalue weighted by Gasteiger charge is 2.41. The van der Waals surface area contributed by atoms with E-state index in [0.717, 1.165) is 28.6 Å². The zero-order valence-electron chi connectivity index (χ0n) is 15.8. The van der Waals surface area contributed by atoms with Crippen LogP contribution in [0.4, 0.5) is 5.69 Å². The molecule has 2 aliphatic rings. The van der Waals surface area contributed by atoms with E-state index in [1.807, 2.05) is 12.3 Å². The van der Waals surface area contributed by atoms with Crippen molar-refractivity contribution in [2.75, 3.05) is 5.32 Å². The maximum Gasteiger partial charge on any atom is 0.162 e. The number of ketones is 1. The molecule has 0 saturated carbocycles. The highest BCUT2D eigenvalue weighted by atomic mass is 32.1. The first-order chi connectivity index (χ1) is 12.9. The number of hydrogen-bond acceptors (Lipinski definition) is 4. The van der Waals surface area contributed by atoms with Gasteiger partial charge in [-0.05, 0) is 59.5 Å². The van der Waals surface area contributed by atoms with Gasteiger partial charge in [0.15, 0.2) is 5.78 Å². The van der Waals surface area contributed by atoms with E-state index >= 15 is 0 Å². The number of nitrogens with zero attached hydrogens (tertiary/aromatic N) is 1. The minimum Gasteiger partial charge on any atom is -0.373 e. The van der Waals surface area contributed by atoms with Crippen LogP contribution in [0.15, 0.2) is 47.5 Å². The summed E-state index contributed by atoms with van der Waals surface area (Å²) in [6.07, 6.45) is 3.35.